The number of benzene rings is 1. The van der Waals surface area contributed by atoms with E-state index in [0.717, 1.165) is 6.07 Å². The van der Waals surface area contributed by atoms with Gasteiger partial charge in [-0.25, -0.2) is 27.4 Å². The number of aliphatic imine (C=N–C) groups is 1. The van der Waals surface area contributed by atoms with Gasteiger partial charge in [0.2, 0.25) is 0 Å². The summed E-state index contributed by atoms with van der Waals surface area (Å²) in [5.41, 5.74) is -3.91. The van der Waals surface area contributed by atoms with Crippen molar-refractivity contribution < 1.29 is 36.7 Å². The zero-order valence-electron chi connectivity index (χ0n) is 27.0. The van der Waals surface area contributed by atoms with E-state index in [1.807, 2.05) is 6.07 Å². The maximum Gasteiger partial charge on any atom is 0.425 e. The molecular weight excluding hydrogens is 619 g/mol. The highest BCUT2D eigenvalue weighted by Gasteiger charge is 2.64. The molecule has 13 nitrogen and oxygen atoms in total. The van der Waals surface area contributed by atoms with Crippen molar-refractivity contribution in [3.05, 3.63) is 59.2 Å². The molecule has 2 aromatic rings. The van der Waals surface area contributed by atoms with Gasteiger partial charge >= 0.3 is 12.2 Å². The van der Waals surface area contributed by atoms with Crippen molar-refractivity contribution in [1.29, 1.82) is 5.26 Å². The minimum Gasteiger partial charge on any atom is -0.443 e. The van der Waals surface area contributed by atoms with Gasteiger partial charge in [-0.2, -0.15) is 10.2 Å². The molecule has 1 N–H and O–H groups in total. The Hall–Kier alpha value is -4.42. The Morgan fingerprint density at radius 1 is 1.04 bits per heavy atom. The number of sulfone groups is 1. The zero-order chi connectivity index (χ0) is 34.5. The number of carbonyl (C=O) groups excluding carboxylic acids is 3. The predicted octanol–water partition coefficient (Wildman–Crippen LogP) is 4.24. The number of aromatic nitrogens is 1. The number of hydrogen-bond donors (Lipinski definition) is 1. The highest BCUT2D eigenvalue weighted by molar-refractivity contribution is 7.93. The Bertz CT molecular complexity index is 1720. The quantitative estimate of drug-likeness (QED) is 0.504. The van der Waals surface area contributed by atoms with Crippen molar-refractivity contribution in [3.8, 4) is 6.07 Å². The van der Waals surface area contributed by atoms with Crippen molar-refractivity contribution in [3.63, 3.8) is 0 Å². The van der Waals surface area contributed by atoms with Crippen LogP contribution in [0.5, 0.6) is 0 Å². The molecule has 0 aliphatic carbocycles. The number of nitrogens with zero attached hydrogens (tertiary/aromatic N) is 5. The average molecular weight is 657 g/mol. The third-order valence-corrected chi connectivity index (χ3v) is 9.74. The molecule has 1 saturated heterocycles. The lowest BCUT2D eigenvalue weighted by molar-refractivity contribution is 0.0126. The van der Waals surface area contributed by atoms with Crippen LogP contribution in [-0.4, -0.2) is 89.0 Å². The molecule has 1 aromatic heterocycles. The molecule has 0 saturated carbocycles. The second-order valence-corrected chi connectivity index (χ2v) is 15.9. The number of ether oxygens (including phenoxy) is 2. The van der Waals surface area contributed by atoms with Gasteiger partial charge in [-0.3, -0.25) is 9.79 Å². The molecule has 0 radical (unpaired) electrons. The fourth-order valence-electron chi connectivity index (χ4n) is 5.24. The van der Waals surface area contributed by atoms with Crippen LogP contribution in [0.3, 0.4) is 0 Å². The molecule has 2 aliphatic rings. The number of amidine groups is 1. The van der Waals surface area contributed by atoms with E-state index in [-0.39, 0.29) is 35.6 Å². The Morgan fingerprint density at radius 2 is 1.63 bits per heavy atom. The number of hydrogen-bond acceptors (Lipinski definition) is 11. The van der Waals surface area contributed by atoms with Crippen LogP contribution >= 0.6 is 0 Å². The fourth-order valence-corrected chi connectivity index (χ4v) is 7.72. The van der Waals surface area contributed by atoms with Gasteiger partial charge in [0.15, 0.2) is 14.6 Å². The van der Waals surface area contributed by atoms with Gasteiger partial charge in [0.05, 0.1) is 11.3 Å². The Kier molecular flexibility index (Phi) is 8.79. The van der Waals surface area contributed by atoms with E-state index in [9.17, 15) is 22.8 Å². The zero-order valence-corrected chi connectivity index (χ0v) is 27.8. The molecule has 2 aliphatic heterocycles. The van der Waals surface area contributed by atoms with E-state index in [1.165, 1.54) is 37.4 Å². The maximum atomic E-state index is 15.6. The summed E-state index contributed by atoms with van der Waals surface area (Å²) < 4.78 is 53.2. The first-order chi connectivity index (χ1) is 21.1. The molecule has 1 aromatic carbocycles. The molecule has 4 rings (SSSR count). The normalized spacial score (nSPS) is 20.5. The Morgan fingerprint density at radius 3 is 2.11 bits per heavy atom. The van der Waals surface area contributed by atoms with Crippen LogP contribution in [0.15, 0.2) is 41.5 Å². The number of pyridine rings is 1. The number of halogens is 1. The number of likely N-dealkylation sites (tertiary alicyclic amines) is 1. The standard InChI is InChI=1S/C31H37FN6O7S/c1-28(2,3)44-26(40)38(27(41)45-29(4,5)6)25-31(16-37(8)17-31)46(42,43)18-30(7,36-25)21-13-20(10-11-22(21)32)35-24(39)23-12-9-19(14-33)15-34-23/h9-13,15H,16-18H2,1-8H3,(H,35,39)/t30-/m0/s1. The Balaban J connectivity index is 1.86. The average Bonchev–Trinajstić information content (AvgIpc) is 2.88. The monoisotopic (exact) mass is 656 g/mol. The second-order valence-electron chi connectivity index (χ2n) is 13.6. The molecule has 15 heteroatoms. The third-order valence-electron chi connectivity index (χ3n) is 7.17. The van der Waals surface area contributed by atoms with Crippen molar-refractivity contribution in [2.75, 3.05) is 31.2 Å². The number of anilines is 1. The van der Waals surface area contributed by atoms with Gasteiger partial charge in [0.1, 0.15) is 40.2 Å². The lowest BCUT2D eigenvalue weighted by Crippen LogP contribution is -2.75. The largest absolute Gasteiger partial charge is 0.443 e. The van der Waals surface area contributed by atoms with Gasteiger partial charge in [0, 0.05) is 30.5 Å². The molecule has 3 heterocycles. The van der Waals surface area contributed by atoms with E-state index >= 15 is 4.39 Å². The molecule has 1 fully saturated rings. The topological polar surface area (TPSA) is 171 Å². The number of amides is 3. The molecule has 0 bridgehead atoms. The molecule has 3 amide bonds. The second kappa shape index (κ2) is 11.7. The van der Waals surface area contributed by atoms with Gasteiger partial charge in [-0.15, -0.1) is 0 Å². The first kappa shape index (κ1) is 34.5. The lowest BCUT2D eigenvalue weighted by Gasteiger charge is -2.53. The molecule has 1 atom stereocenters. The van der Waals surface area contributed by atoms with E-state index in [1.54, 1.807) is 53.5 Å². The van der Waals surface area contributed by atoms with Gasteiger partial charge in [-0.05, 0) is 85.8 Å². The van der Waals surface area contributed by atoms with E-state index in [0.29, 0.717) is 4.90 Å². The summed E-state index contributed by atoms with van der Waals surface area (Å²) in [4.78, 5) is 51.0. The van der Waals surface area contributed by atoms with Crippen LogP contribution in [0.2, 0.25) is 0 Å². The number of imide groups is 1. The van der Waals surface area contributed by atoms with Crippen LogP contribution in [0.25, 0.3) is 0 Å². The number of nitriles is 1. The Labute approximate surface area is 267 Å². The SMILES string of the molecule is CN1CC2(C1)C(N(C(=O)OC(C)(C)C)C(=O)OC(C)(C)C)=N[C@](C)(c1cc(NC(=O)c3ccc(C#N)cn3)ccc1F)CS2(=O)=O. The summed E-state index contributed by atoms with van der Waals surface area (Å²) in [7, 11) is -2.57. The summed E-state index contributed by atoms with van der Waals surface area (Å²) in [6.07, 6.45) is -1.18. The van der Waals surface area contributed by atoms with Crippen LogP contribution in [0.4, 0.5) is 19.7 Å². The van der Waals surface area contributed by atoms with Gasteiger partial charge in [0.25, 0.3) is 5.91 Å². The highest BCUT2D eigenvalue weighted by atomic mass is 32.2. The molecule has 46 heavy (non-hydrogen) atoms. The molecular formula is C31H37FN6O7S. The summed E-state index contributed by atoms with van der Waals surface area (Å²) >= 11 is 0. The minimum atomic E-state index is -4.25. The first-order valence-corrected chi connectivity index (χ1v) is 16.0. The smallest absolute Gasteiger partial charge is 0.425 e. The van der Waals surface area contributed by atoms with Crippen LogP contribution < -0.4 is 5.32 Å². The number of nitrogens with one attached hydrogen (secondary N) is 1. The van der Waals surface area contributed by atoms with Crippen LogP contribution in [-0.2, 0) is 24.8 Å². The van der Waals surface area contributed by atoms with Crippen molar-refractivity contribution in [1.82, 2.24) is 14.8 Å². The summed E-state index contributed by atoms with van der Waals surface area (Å²) in [6, 6.07) is 8.23. The van der Waals surface area contributed by atoms with Crippen LogP contribution in [0, 0.1) is 17.1 Å². The predicted molar refractivity (Wildman–Crippen MR) is 166 cm³/mol. The third kappa shape index (κ3) is 6.87. The van der Waals surface area contributed by atoms with Crippen molar-refractivity contribution in [2.24, 2.45) is 4.99 Å². The highest BCUT2D eigenvalue weighted by Crippen LogP contribution is 2.44. The lowest BCUT2D eigenvalue weighted by atomic mass is 9.90. The van der Waals surface area contributed by atoms with Gasteiger partial charge in [-0.1, -0.05) is 0 Å². The molecule has 246 valence electrons. The number of rotatable bonds is 3. The minimum absolute atomic E-state index is 0.0157. The first-order valence-electron chi connectivity index (χ1n) is 14.3. The molecule has 0 unspecified atom stereocenters. The van der Waals surface area contributed by atoms with E-state index in [2.05, 4.69) is 15.3 Å². The van der Waals surface area contributed by atoms with E-state index in [4.69, 9.17) is 14.7 Å². The van der Waals surface area contributed by atoms with E-state index < -0.39 is 66.8 Å². The summed E-state index contributed by atoms with van der Waals surface area (Å²) in [5, 5.41) is 11.6. The fraction of sp³-hybridized carbons (Fsp3) is 0.484. The summed E-state index contributed by atoms with van der Waals surface area (Å²) in [6.45, 7) is 10.7. The summed E-state index contributed by atoms with van der Waals surface area (Å²) in [5.74, 6) is -2.61. The molecule has 1 spiro atoms. The van der Waals surface area contributed by atoms with Gasteiger partial charge < -0.3 is 19.7 Å². The van der Waals surface area contributed by atoms with Crippen molar-refractivity contribution >= 4 is 39.5 Å². The number of carbonyl (C=O) groups is 3. The maximum absolute atomic E-state index is 15.6. The van der Waals surface area contributed by atoms with Crippen molar-refractivity contribution in [2.45, 2.75) is 70.0 Å². The van der Waals surface area contributed by atoms with Crippen LogP contribution in [0.1, 0.15) is 70.1 Å².